The van der Waals surface area contributed by atoms with Crippen LogP contribution in [0.25, 0.3) is 0 Å². The number of nitrogens with zero attached hydrogens (tertiary/aromatic N) is 2. The zero-order valence-corrected chi connectivity index (χ0v) is 21.8. The molecule has 1 aromatic heterocycles. The van der Waals surface area contributed by atoms with Gasteiger partial charge >= 0.3 is 29.6 Å². The van der Waals surface area contributed by atoms with E-state index < -0.39 is 72.3 Å². The molecular formula is C23H32N2O12. The lowest BCUT2D eigenvalue weighted by Gasteiger charge is -2.39. The quantitative estimate of drug-likeness (QED) is 0.287. The van der Waals surface area contributed by atoms with E-state index in [1.54, 1.807) is 6.92 Å². The Morgan fingerprint density at radius 2 is 1.51 bits per heavy atom. The summed E-state index contributed by atoms with van der Waals surface area (Å²) in [5, 5.41) is 0. The summed E-state index contributed by atoms with van der Waals surface area (Å²) in [7, 11) is 2.65. The van der Waals surface area contributed by atoms with Crippen LogP contribution in [0.1, 0.15) is 52.5 Å². The van der Waals surface area contributed by atoms with E-state index in [0.29, 0.717) is 0 Å². The highest BCUT2D eigenvalue weighted by molar-refractivity contribution is 5.69. The second-order valence-corrected chi connectivity index (χ2v) is 8.37. The monoisotopic (exact) mass is 528 g/mol. The summed E-state index contributed by atoms with van der Waals surface area (Å²) in [5.41, 5.74) is -1.45. The molecular weight excluding hydrogens is 496 g/mol. The maximum absolute atomic E-state index is 13.3. The standard InChI is InChI=1S/C23H32N2O12/c1-8-32-17-9-15(18-21(30)24(6)23(31)25(7)22(18)37-17)19(35-13(4)28)20(36-14(5)29)16(34-12(3)27)10-33-11(2)26/h15-17,19-20H,8-10H2,1-7H3/t15-,16-,17-,19+,20-/m1/s1. The summed E-state index contributed by atoms with van der Waals surface area (Å²) in [6, 6.07) is 0. The van der Waals surface area contributed by atoms with Crippen LogP contribution >= 0.6 is 0 Å². The van der Waals surface area contributed by atoms with Crippen molar-refractivity contribution < 1.29 is 47.6 Å². The zero-order chi connectivity index (χ0) is 28.0. The van der Waals surface area contributed by atoms with Crippen molar-refractivity contribution in [2.45, 2.75) is 71.6 Å². The fraction of sp³-hybridized carbons (Fsp3) is 0.652. The van der Waals surface area contributed by atoms with Crippen LogP contribution in [0.3, 0.4) is 0 Å². The Hall–Kier alpha value is -3.68. The van der Waals surface area contributed by atoms with E-state index in [-0.39, 0.29) is 24.5 Å². The summed E-state index contributed by atoms with van der Waals surface area (Å²) in [6.07, 6.45) is -5.42. The molecule has 14 nitrogen and oxygen atoms in total. The van der Waals surface area contributed by atoms with E-state index in [4.69, 9.17) is 28.4 Å². The number of fused-ring (bicyclic) bond motifs is 1. The van der Waals surface area contributed by atoms with E-state index in [0.717, 1.165) is 36.8 Å². The molecule has 1 aliphatic heterocycles. The first-order valence-electron chi connectivity index (χ1n) is 11.5. The molecule has 0 N–H and O–H groups in total. The van der Waals surface area contributed by atoms with Gasteiger partial charge in [0.25, 0.3) is 5.56 Å². The average Bonchev–Trinajstić information content (AvgIpc) is 2.80. The average molecular weight is 529 g/mol. The maximum Gasteiger partial charge on any atom is 0.333 e. The molecule has 0 spiro atoms. The third-order valence-electron chi connectivity index (χ3n) is 5.52. The first-order valence-corrected chi connectivity index (χ1v) is 11.5. The SMILES string of the molecule is CCO[C@H]1C[C@@H]([C@H](OC(C)=O)[C@H](OC(C)=O)[C@@H](COC(C)=O)OC(C)=O)c2c(n(C)c(=O)n(C)c2=O)O1. The number of aromatic nitrogens is 2. The van der Waals surface area contributed by atoms with Crippen molar-refractivity contribution >= 4 is 23.9 Å². The number of hydrogen-bond acceptors (Lipinski definition) is 12. The third-order valence-corrected chi connectivity index (χ3v) is 5.52. The first kappa shape index (κ1) is 29.5. The molecule has 5 atom stereocenters. The van der Waals surface area contributed by atoms with E-state index in [1.807, 2.05) is 0 Å². The van der Waals surface area contributed by atoms with Gasteiger partial charge in [0.15, 0.2) is 12.2 Å². The summed E-state index contributed by atoms with van der Waals surface area (Å²) in [5.74, 6) is -4.32. The predicted octanol–water partition coefficient (Wildman–Crippen LogP) is -0.329. The molecule has 0 amide bonds. The van der Waals surface area contributed by atoms with Crippen LogP contribution in [0.5, 0.6) is 5.88 Å². The number of rotatable bonds is 10. The van der Waals surface area contributed by atoms with Gasteiger partial charge in [-0.2, -0.15) is 0 Å². The molecule has 0 saturated carbocycles. The number of carbonyl (C=O) groups excluding carboxylic acids is 4. The van der Waals surface area contributed by atoms with Gasteiger partial charge in [-0.3, -0.25) is 33.1 Å². The van der Waals surface area contributed by atoms with Crippen LogP contribution < -0.4 is 16.0 Å². The molecule has 2 rings (SSSR count). The highest BCUT2D eigenvalue weighted by Gasteiger charge is 2.48. The van der Waals surface area contributed by atoms with Gasteiger partial charge in [-0.15, -0.1) is 0 Å². The van der Waals surface area contributed by atoms with Crippen molar-refractivity contribution in [2.24, 2.45) is 14.1 Å². The first-order chi connectivity index (χ1) is 17.3. The molecule has 0 aliphatic carbocycles. The smallest absolute Gasteiger partial charge is 0.333 e. The second kappa shape index (κ2) is 12.5. The minimum Gasteiger partial charge on any atom is -0.462 e. The van der Waals surface area contributed by atoms with E-state index in [1.165, 1.54) is 14.1 Å². The summed E-state index contributed by atoms with van der Waals surface area (Å²) >= 11 is 0. The minimum atomic E-state index is -1.52. The van der Waals surface area contributed by atoms with Gasteiger partial charge in [0, 0.05) is 60.7 Å². The van der Waals surface area contributed by atoms with Gasteiger partial charge in [0.2, 0.25) is 12.2 Å². The fourth-order valence-electron chi connectivity index (χ4n) is 4.12. The topological polar surface area (TPSA) is 168 Å². The molecule has 37 heavy (non-hydrogen) atoms. The largest absolute Gasteiger partial charge is 0.462 e. The lowest BCUT2D eigenvalue weighted by atomic mass is 9.84. The summed E-state index contributed by atoms with van der Waals surface area (Å²) < 4.78 is 34.7. The van der Waals surface area contributed by atoms with Gasteiger partial charge in [0.1, 0.15) is 12.7 Å². The van der Waals surface area contributed by atoms with Crippen LogP contribution in [0, 0.1) is 0 Å². The Morgan fingerprint density at radius 3 is 2.03 bits per heavy atom. The molecule has 14 heteroatoms. The normalized spacial score (nSPS) is 18.9. The van der Waals surface area contributed by atoms with Gasteiger partial charge in [0.05, 0.1) is 5.56 Å². The Balaban J connectivity index is 2.79. The number of esters is 4. The fourth-order valence-corrected chi connectivity index (χ4v) is 4.12. The highest BCUT2D eigenvalue weighted by Crippen LogP contribution is 2.39. The molecule has 0 unspecified atom stereocenters. The molecule has 0 aromatic carbocycles. The Kier molecular flexibility index (Phi) is 10.00. The van der Waals surface area contributed by atoms with Crippen LogP contribution in [-0.2, 0) is 57.0 Å². The summed E-state index contributed by atoms with van der Waals surface area (Å²) in [6.45, 7) is 5.77. The van der Waals surface area contributed by atoms with Gasteiger partial charge in [-0.1, -0.05) is 0 Å². The van der Waals surface area contributed by atoms with Gasteiger partial charge in [-0.05, 0) is 6.92 Å². The third kappa shape index (κ3) is 7.18. The number of ether oxygens (including phenoxy) is 6. The van der Waals surface area contributed by atoms with Crippen molar-refractivity contribution in [2.75, 3.05) is 13.2 Å². The molecule has 0 radical (unpaired) electrons. The molecule has 0 saturated heterocycles. The molecule has 1 aliphatic rings. The van der Waals surface area contributed by atoms with Crippen LogP contribution in [-0.4, -0.2) is 70.8 Å². The zero-order valence-electron chi connectivity index (χ0n) is 21.8. The van der Waals surface area contributed by atoms with Crippen molar-refractivity contribution in [3.63, 3.8) is 0 Å². The van der Waals surface area contributed by atoms with Crippen molar-refractivity contribution in [3.8, 4) is 5.88 Å². The Bertz CT molecular complexity index is 1150. The van der Waals surface area contributed by atoms with Crippen molar-refractivity contribution in [3.05, 3.63) is 26.4 Å². The van der Waals surface area contributed by atoms with Crippen molar-refractivity contribution in [1.82, 2.24) is 9.13 Å². The highest BCUT2D eigenvalue weighted by atomic mass is 16.7. The van der Waals surface area contributed by atoms with Crippen LogP contribution in [0.2, 0.25) is 0 Å². The molecule has 2 heterocycles. The Morgan fingerprint density at radius 1 is 0.919 bits per heavy atom. The lowest BCUT2D eigenvalue weighted by Crippen LogP contribution is -2.53. The van der Waals surface area contributed by atoms with E-state index in [2.05, 4.69) is 0 Å². The molecule has 206 valence electrons. The number of carbonyl (C=O) groups is 4. The van der Waals surface area contributed by atoms with E-state index in [9.17, 15) is 28.8 Å². The Labute approximate surface area is 212 Å². The van der Waals surface area contributed by atoms with Crippen LogP contribution in [0.15, 0.2) is 9.59 Å². The number of hydrogen-bond donors (Lipinski definition) is 0. The summed E-state index contributed by atoms with van der Waals surface area (Å²) in [4.78, 5) is 73.6. The molecule has 0 fully saturated rings. The maximum atomic E-state index is 13.3. The van der Waals surface area contributed by atoms with Gasteiger partial charge in [-0.25, -0.2) is 4.79 Å². The van der Waals surface area contributed by atoms with Crippen LogP contribution in [0.4, 0.5) is 0 Å². The minimum absolute atomic E-state index is 0.0435. The molecule has 0 bridgehead atoms. The van der Waals surface area contributed by atoms with Crippen molar-refractivity contribution in [1.29, 1.82) is 0 Å². The predicted molar refractivity (Wildman–Crippen MR) is 124 cm³/mol. The van der Waals surface area contributed by atoms with Gasteiger partial charge < -0.3 is 28.4 Å². The second-order valence-electron chi connectivity index (χ2n) is 8.37. The molecule has 1 aromatic rings. The lowest BCUT2D eigenvalue weighted by molar-refractivity contribution is -0.194. The van der Waals surface area contributed by atoms with E-state index >= 15 is 0 Å².